The topological polar surface area (TPSA) is 52.4 Å². The normalized spacial score (nSPS) is 9.45. The minimum atomic E-state index is -0.511. The van der Waals surface area contributed by atoms with Crippen LogP contribution in [0.5, 0.6) is 5.75 Å². The summed E-state index contributed by atoms with van der Waals surface area (Å²) in [6.45, 7) is 0.0161. The van der Waals surface area contributed by atoms with Gasteiger partial charge in [-0.2, -0.15) is 0 Å². The molecular weight excluding hydrogens is 261 g/mol. The van der Waals surface area contributed by atoms with Crippen molar-refractivity contribution in [3.63, 3.8) is 0 Å². The molecule has 0 unspecified atom stereocenters. The van der Waals surface area contributed by atoms with E-state index in [1.165, 1.54) is 24.3 Å². The molecule has 2 rings (SSSR count). The summed E-state index contributed by atoms with van der Waals surface area (Å²) in [6, 6.07) is 11.8. The van der Waals surface area contributed by atoms with Crippen molar-refractivity contribution in [2.24, 2.45) is 0 Å². The van der Waals surface area contributed by atoms with Gasteiger partial charge in [0.1, 0.15) is 12.4 Å². The van der Waals surface area contributed by atoms with Gasteiger partial charge in [0.05, 0.1) is 4.92 Å². The summed E-state index contributed by atoms with van der Waals surface area (Å²) in [4.78, 5) is 10.3. The lowest BCUT2D eigenvalue weighted by Crippen LogP contribution is -1.98. The zero-order valence-corrected chi connectivity index (χ0v) is 10.4. The Morgan fingerprint density at radius 3 is 2.55 bits per heavy atom. The van der Waals surface area contributed by atoms with E-state index >= 15 is 0 Å². The summed E-state index contributed by atoms with van der Waals surface area (Å²) in [5, 5.41) is 10.8. The highest BCUT2D eigenvalue weighted by Gasteiger charge is 2.12. The van der Waals surface area contributed by atoms with E-state index in [-0.39, 0.29) is 23.9 Å². The number of nitro groups is 1. The second-order valence-electron chi connectivity index (χ2n) is 3.82. The first-order valence-corrected chi connectivity index (χ1v) is 5.77. The van der Waals surface area contributed by atoms with Crippen molar-refractivity contribution in [3.8, 4) is 17.6 Å². The molecule has 5 heteroatoms. The van der Waals surface area contributed by atoms with Crippen LogP contribution in [0.15, 0.2) is 48.5 Å². The fourth-order valence-corrected chi connectivity index (χ4v) is 1.52. The number of ether oxygens (including phenoxy) is 1. The molecule has 0 saturated carbocycles. The Morgan fingerprint density at radius 1 is 1.15 bits per heavy atom. The van der Waals surface area contributed by atoms with Crippen LogP contribution in [-0.4, -0.2) is 11.5 Å². The maximum atomic E-state index is 12.7. The van der Waals surface area contributed by atoms with E-state index < -0.39 is 4.92 Å². The Kier molecular flexibility index (Phi) is 4.30. The van der Waals surface area contributed by atoms with Gasteiger partial charge in [-0.1, -0.05) is 24.0 Å². The summed E-state index contributed by atoms with van der Waals surface area (Å²) >= 11 is 0. The van der Waals surface area contributed by atoms with Crippen LogP contribution in [-0.2, 0) is 0 Å². The molecular formula is C15H10FNO3. The van der Waals surface area contributed by atoms with E-state index in [4.69, 9.17) is 4.74 Å². The van der Waals surface area contributed by atoms with Crippen molar-refractivity contribution in [3.05, 3.63) is 70.0 Å². The molecule has 0 aromatic heterocycles. The largest absolute Gasteiger partial charge is 0.474 e. The van der Waals surface area contributed by atoms with Crippen molar-refractivity contribution in [1.82, 2.24) is 0 Å². The van der Waals surface area contributed by atoms with Gasteiger partial charge >= 0.3 is 5.69 Å². The van der Waals surface area contributed by atoms with Crippen LogP contribution in [0.25, 0.3) is 0 Å². The average molecular weight is 271 g/mol. The lowest BCUT2D eigenvalue weighted by Gasteiger charge is -2.01. The van der Waals surface area contributed by atoms with Gasteiger partial charge in [-0.05, 0) is 30.3 Å². The Labute approximate surface area is 115 Å². The number of nitro benzene ring substituents is 1. The zero-order chi connectivity index (χ0) is 14.4. The monoisotopic (exact) mass is 271 g/mol. The lowest BCUT2D eigenvalue weighted by molar-refractivity contribution is -0.385. The van der Waals surface area contributed by atoms with Gasteiger partial charge < -0.3 is 4.74 Å². The van der Waals surface area contributed by atoms with E-state index in [0.29, 0.717) is 5.56 Å². The Balaban J connectivity index is 2.00. The molecule has 2 aromatic carbocycles. The molecule has 0 N–H and O–H groups in total. The molecule has 2 aromatic rings. The first kappa shape index (κ1) is 13.6. The second-order valence-corrected chi connectivity index (χ2v) is 3.82. The smallest absolute Gasteiger partial charge is 0.310 e. The summed E-state index contributed by atoms with van der Waals surface area (Å²) in [6.07, 6.45) is 0. The molecule has 0 aliphatic carbocycles. The van der Waals surface area contributed by atoms with Crippen molar-refractivity contribution in [2.45, 2.75) is 0 Å². The maximum Gasteiger partial charge on any atom is 0.310 e. The number of para-hydroxylation sites is 2. The molecule has 0 bridgehead atoms. The quantitative estimate of drug-likeness (QED) is 0.489. The van der Waals surface area contributed by atoms with Gasteiger partial charge in [0, 0.05) is 11.6 Å². The number of benzene rings is 2. The van der Waals surface area contributed by atoms with Crippen LogP contribution in [0, 0.1) is 27.8 Å². The van der Waals surface area contributed by atoms with Crippen LogP contribution in [0.2, 0.25) is 0 Å². The number of rotatable bonds is 3. The summed E-state index contributed by atoms with van der Waals surface area (Å²) in [5.41, 5.74) is 0.550. The predicted molar refractivity (Wildman–Crippen MR) is 71.9 cm³/mol. The third-order valence-corrected chi connectivity index (χ3v) is 2.44. The van der Waals surface area contributed by atoms with E-state index in [2.05, 4.69) is 11.8 Å². The maximum absolute atomic E-state index is 12.7. The summed E-state index contributed by atoms with van der Waals surface area (Å²) < 4.78 is 17.9. The molecule has 0 fully saturated rings. The Bertz CT molecular complexity index is 672. The van der Waals surface area contributed by atoms with Gasteiger partial charge in [-0.25, -0.2) is 4.39 Å². The first-order valence-electron chi connectivity index (χ1n) is 5.77. The molecule has 4 nitrogen and oxygen atoms in total. The van der Waals surface area contributed by atoms with E-state index in [9.17, 15) is 14.5 Å². The van der Waals surface area contributed by atoms with Crippen molar-refractivity contribution < 1.29 is 14.1 Å². The van der Waals surface area contributed by atoms with Crippen molar-refractivity contribution in [1.29, 1.82) is 0 Å². The molecule has 0 spiro atoms. The number of hydrogen-bond donors (Lipinski definition) is 0. The van der Waals surface area contributed by atoms with Gasteiger partial charge in [0.25, 0.3) is 0 Å². The average Bonchev–Trinajstić information content (AvgIpc) is 2.46. The Morgan fingerprint density at radius 2 is 1.85 bits per heavy atom. The molecule has 0 radical (unpaired) electrons. The molecule has 0 heterocycles. The molecule has 100 valence electrons. The van der Waals surface area contributed by atoms with Gasteiger partial charge in [-0.3, -0.25) is 10.1 Å². The summed E-state index contributed by atoms with van der Waals surface area (Å²) in [5.74, 6) is 5.34. The third-order valence-electron chi connectivity index (χ3n) is 2.44. The van der Waals surface area contributed by atoms with Crippen LogP contribution < -0.4 is 4.74 Å². The van der Waals surface area contributed by atoms with E-state index in [0.717, 1.165) is 0 Å². The van der Waals surface area contributed by atoms with E-state index in [1.807, 2.05) is 0 Å². The fourth-order valence-electron chi connectivity index (χ4n) is 1.52. The highest BCUT2D eigenvalue weighted by atomic mass is 19.1. The van der Waals surface area contributed by atoms with Gasteiger partial charge in [-0.15, -0.1) is 0 Å². The van der Waals surface area contributed by atoms with Crippen molar-refractivity contribution in [2.75, 3.05) is 6.61 Å². The zero-order valence-electron chi connectivity index (χ0n) is 10.4. The summed E-state index contributed by atoms with van der Waals surface area (Å²) in [7, 11) is 0. The Hall–Kier alpha value is -2.87. The highest BCUT2D eigenvalue weighted by Crippen LogP contribution is 2.25. The standard InChI is InChI=1S/C15H10FNO3/c16-13-9-7-12(8-10-13)4-3-11-20-15-6-2-1-5-14(15)17(18)19/h1-2,5-10H,11H2. The molecule has 0 saturated heterocycles. The number of halogens is 1. The van der Waals surface area contributed by atoms with Crippen LogP contribution in [0.4, 0.5) is 10.1 Å². The second kappa shape index (κ2) is 6.34. The van der Waals surface area contributed by atoms with Crippen LogP contribution in [0.1, 0.15) is 5.56 Å². The lowest BCUT2D eigenvalue weighted by atomic mass is 10.2. The van der Waals surface area contributed by atoms with Crippen molar-refractivity contribution >= 4 is 5.69 Å². The first-order chi connectivity index (χ1) is 9.66. The minimum absolute atomic E-state index is 0.0161. The highest BCUT2D eigenvalue weighted by molar-refractivity contribution is 5.46. The van der Waals surface area contributed by atoms with Gasteiger partial charge in [0.2, 0.25) is 0 Å². The number of nitrogens with zero attached hydrogens (tertiary/aromatic N) is 1. The van der Waals surface area contributed by atoms with Gasteiger partial charge in [0.15, 0.2) is 5.75 Å². The SMILES string of the molecule is O=[N+]([O-])c1ccccc1OCC#Cc1ccc(F)cc1. The van der Waals surface area contributed by atoms with E-state index in [1.54, 1.807) is 24.3 Å². The molecule has 0 atom stereocenters. The fraction of sp³-hybridized carbons (Fsp3) is 0.0667. The molecule has 0 amide bonds. The third kappa shape index (κ3) is 3.56. The predicted octanol–water partition coefficient (Wildman–Crippen LogP) is 3.16. The number of hydrogen-bond acceptors (Lipinski definition) is 3. The molecule has 0 aliphatic rings. The van der Waals surface area contributed by atoms with Crippen LogP contribution in [0.3, 0.4) is 0 Å². The minimum Gasteiger partial charge on any atom is -0.474 e. The molecule has 20 heavy (non-hydrogen) atoms. The molecule has 0 aliphatic heterocycles. The van der Waals surface area contributed by atoms with Crippen LogP contribution >= 0.6 is 0 Å².